The fourth-order valence-electron chi connectivity index (χ4n) is 3.47. The third-order valence-electron chi connectivity index (χ3n) is 5.03. The first-order valence-corrected chi connectivity index (χ1v) is 8.91. The summed E-state index contributed by atoms with van der Waals surface area (Å²) < 4.78 is 0.847. The second-order valence-corrected chi connectivity index (χ2v) is 8.14. The van der Waals surface area contributed by atoms with E-state index in [0.717, 1.165) is 23.9 Å². The molecule has 5 heteroatoms. The zero-order chi connectivity index (χ0) is 17.9. The van der Waals surface area contributed by atoms with Gasteiger partial charge in [0.1, 0.15) is 0 Å². The summed E-state index contributed by atoms with van der Waals surface area (Å²) in [5, 5.41) is 0. The molecule has 1 saturated heterocycles. The summed E-state index contributed by atoms with van der Waals surface area (Å²) in [5.74, 6) is -0.0745. The van der Waals surface area contributed by atoms with Crippen LogP contribution in [0.5, 0.6) is 0 Å². The summed E-state index contributed by atoms with van der Waals surface area (Å²) in [6.07, 6.45) is 1.59. The van der Waals surface area contributed by atoms with Gasteiger partial charge in [-0.2, -0.15) is 0 Å². The largest absolute Gasteiger partial charge is 1.00 e. The Morgan fingerprint density at radius 1 is 1.08 bits per heavy atom. The Bertz CT molecular complexity index is 583. The molecule has 1 aromatic rings. The molecule has 25 heavy (non-hydrogen) atoms. The lowest BCUT2D eigenvalue weighted by atomic mass is 9.85. The molecule has 1 aromatic carbocycles. The Morgan fingerprint density at radius 3 is 2.24 bits per heavy atom. The van der Waals surface area contributed by atoms with E-state index in [1.54, 1.807) is 0 Å². The standard InChI is InChI=1S/C20H31N2O2.ClH/c1-15(17-10-7-6-8-11-17)14-18-16(2)19(23)21(20(18)24)12-9-13-22(3,4)5;/h6-8,10-11,15-16,18H,9,12-14H2,1-5H3;1H/q+1;/p-1. The van der Waals surface area contributed by atoms with Crippen LogP contribution in [0.1, 0.15) is 38.2 Å². The molecule has 0 aromatic heterocycles. The monoisotopic (exact) mass is 366 g/mol. The van der Waals surface area contributed by atoms with Crippen molar-refractivity contribution < 1.29 is 26.5 Å². The first kappa shape index (κ1) is 21.7. The van der Waals surface area contributed by atoms with Crippen LogP contribution in [0.3, 0.4) is 0 Å². The van der Waals surface area contributed by atoms with Gasteiger partial charge < -0.3 is 16.9 Å². The minimum atomic E-state index is -0.201. The van der Waals surface area contributed by atoms with Gasteiger partial charge in [0, 0.05) is 18.9 Å². The highest BCUT2D eigenvalue weighted by Crippen LogP contribution is 2.34. The van der Waals surface area contributed by atoms with E-state index in [0.29, 0.717) is 6.54 Å². The van der Waals surface area contributed by atoms with Crippen molar-refractivity contribution in [2.45, 2.75) is 32.6 Å². The maximum atomic E-state index is 12.7. The van der Waals surface area contributed by atoms with Crippen molar-refractivity contribution in [2.24, 2.45) is 11.8 Å². The zero-order valence-corrected chi connectivity index (χ0v) is 16.8. The maximum absolute atomic E-state index is 12.7. The Kier molecular flexibility index (Phi) is 7.63. The summed E-state index contributed by atoms with van der Waals surface area (Å²) in [4.78, 5) is 26.8. The molecule has 3 atom stereocenters. The van der Waals surface area contributed by atoms with Crippen LogP contribution in [-0.4, -0.2) is 55.4 Å². The number of likely N-dealkylation sites (tertiary alicyclic amines) is 1. The minimum Gasteiger partial charge on any atom is -1.00 e. The van der Waals surface area contributed by atoms with E-state index in [-0.39, 0.29) is 42.0 Å². The molecule has 2 amide bonds. The van der Waals surface area contributed by atoms with E-state index in [2.05, 4.69) is 40.2 Å². The molecular formula is C20H31ClN2O2. The fraction of sp³-hybridized carbons (Fsp3) is 0.600. The Morgan fingerprint density at radius 2 is 1.68 bits per heavy atom. The topological polar surface area (TPSA) is 37.4 Å². The van der Waals surface area contributed by atoms with Crippen molar-refractivity contribution in [3.05, 3.63) is 35.9 Å². The molecule has 0 aliphatic carbocycles. The second-order valence-electron chi connectivity index (χ2n) is 8.14. The summed E-state index contributed by atoms with van der Waals surface area (Å²) in [6.45, 7) is 5.55. The Labute approximate surface area is 158 Å². The number of nitrogens with zero attached hydrogens (tertiary/aromatic N) is 2. The maximum Gasteiger partial charge on any atom is 0.233 e. The molecule has 3 unspecified atom stereocenters. The van der Waals surface area contributed by atoms with Gasteiger partial charge in [0.2, 0.25) is 11.8 Å². The van der Waals surface area contributed by atoms with Gasteiger partial charge >= 0.3 is 0 Å². The van der Waals surface area contributed by atoms with Crippen LogP contribution in [0.15, 0.2) is 30.3 Å². The smallest absolute Gasteiger partial charge is 0.233 e. The molecule has 1 aliphatic heterocycles. The fourth-order valence-corrected chi connectivity index (χ4v) is 3.47. The third kappa shape index (κ3) is 5.55. The normalized spacial score (nSPS) is 22.0. The highest BCUT2D eigenvalue weighted by atomic mass is 35.5. The lowest BCUT2D eigenvalue weighted by molar-refractivity contribution is -0.870. The minimum absolute atomic E-state index is 0. The van der Waals surface area contributed by atoms with Gasteiger partial charge in [-0.05, 0) is 17.9 Å². The third-order valence-corrected chi connectivity index (χ3v) is 5.03. The lowest BCUT2D eigenvalue weighted by Crippen LogP contribution is -3.00. The molecule has 140 valence electrons. The van der Waals surface area contributed by atoms with Gasteiger partial charge in [0.05, 0.1) is 33.6 Å². The zero-order valence-electron chi connectivity index (χ0n) is 16.0. The van der Waals surface area contributed by atoms with Crippen LogP contribution in [0.4, 0.5) is 0 Å². The van der Waals surface area contributed by atoms with Crippen LogP contribution >= 0.6 is 0 Å². The predicted molar refractivity (Wildman–Crippen MR) is 96.4 cm³/mol. The molecule has 0 N–H and O–H groups in total. The average molecular weight is 367 g/mol. The molecule has 2 rings (SSSR count). The van der Waals surface area contributed by atoms with E-state index >= 15 is 0 Å². The van der Waals surface area contributed by atoms with Crippen molar-refractivity contribution >= 4 is 11.8 Å². The molecule has 0 spiro atoms. The number of quaternary nitrogens is 1. The van der Waals surface area contributed by atoms with Crippen molar-refractivity contribution in [2.75, 3.05) is 34.2 Å². The second kappa shape index (κ2) is 8.81. The molecule has 0 saturated carbocycles. The number of benzene rings is 1. The summed E-state index contributed by atoms with van der Waals surface area (Å²) in [5.41, 5.74) is 1.23. The number of hydrogen-bond donors (Lipinski definition) is 0. The summed E-state index contributed by atoms with van der Waals surface area (Å²) in [6, 6.07) is 10.2. The number of amides is 2. The molecule has 1 fully saturated rings. The van der Waals surface area contributed by atoms with Crippen molar-refractivity contribution in [1.29, 1.82) is 0 Å². The number of imide groups is 1. The van der Waals surface area contributed by atoms with Crippen molar-refractivity contribution in [3.8, 4) is 0 Å². The van der Waals surface area contributed by atoms with Gasteiger partial charge in [0.15, 0.2) is 0 Å². The van der Waals surface area contributed by atoms with Crippen LogP contribution in [0.2, 0.25) is 0 Å². The van der Waals surface area contributed by atoms with Gasteiger partial charge in [0.25, 0.3) is 0 Å². The van der Waals surface area contributed by atoms with Crippen LogP contribution in [0.25, 0.3) is 0 Å². The van der Waals surface area contributed by atoms with E-state index in [9.17, 15) is 9.59 Å². The SMILES string of the molecule is CC(CC1C(=O)N(CCC[N+](C)(C)C)C(=O)C1C)c1ccccc1.[Cl-]. The Balaban J connectivity index is 0.00000312. The van der Waals surface area contributed by atoms with E-state index < -0.39 is 0 Å². The van der Waals surface area contributed by atoms with Crippen LogP contribution < -0.4 is 12.4 Å². The first-order chi connectivity index (χ1) is 11.2. The summed E-state index contributed by atoms with van der Waals surface area (Å²) >= 11 is 0. The Hall–Kier alpha value is -1.39. The highest BCUT2D eigenvalue weighted by Gasteiger charge is 2.45. The number of carbonyl (C=O) groups excluding carboxylic acids is 2. The van der Waals surface area contributed by atoms with E-state index in [1.165, 1.54) is 10.5 Å². The summed E-state index contributed by atoms with van der Waals surface area (Å²) in [7, 11) is 6.38. The molecule has 4 nitrogen and oxygen atoms in total. The first-order valence-electron chi connectivity index (χ1n) is 8.91. The lowest BCUT2D eigenvalue weighted by Gasteiger charge is -2.25. The quantitative estimate of drug-likeness (QED) is 0.499. The average Bonchev–Trinajstić information content (AvgIpc) is 2.72. The molecular weight excluding hydrogens is 336 g/mol. The highest BCUT2D eigenvalue weighted by molar-refractivity contribution is 6.04. The van der Waals surface area contributed by atoms with Crippen LogP contribution in [0, 0.1) is 11.8 Å². The van der Waals surface area contributed by atoms with E-state index in [4.69, 9.17) is 0 Å². The van der Waals surface area contributed by atoms with Gasteiger partial charge in [-0.15, -0.1) is 0 Å². The predicted octanol–water partition coefficient (Wildman–Crippen LogP) is -0.0984. The molecule has 1 heterocycles. The van der Waals surface area contributed by atoms with Crippen molar-refractivity contribution in [3.63, 3.8) is 0 Å². The van der Waals surface area contributed by atoms with E-state index in [1.807, 2.05) is 25.1 Å². The van der Waals surface area contributed by atoms with Crippen LogP contribution in [-0.2, 0) is 9.59 Å². The number of rotatable bonds is 7. The van der Waals surface area contributed by atoms with Gasteiger partial charge in [-0.25, -0.2) is 0 Å². The molecule has 0 bridgehead atoms. The number of carbonyl (C=O) groups is 2. The van der Waals surface area contributed by atoms with Crippen molar-refractivity contribution in [1.82, 2.24) is 4.90 Å². The van der Waals surface area contributed by atoms with Gasteiger partial charge in [-0.1, -0.05) is 44.2 Å². The number of hydrogen-bond acceptors (Lipinski definition) is 2. The van der Waals surface area contributed by atoms with Gasteiger partial charge in [-0.3, -0.25) is 14.5 Å². The molecule has 0 radical (unpaired) electrons. The molecule has 1 aliphatic rings. The number of halogens is 1.